The molecule has 1 rings (SSSR count). The molecule has 140 valence electrons. The van der Waals surface area contributed by atoms with Crippen LogP contribution in [0.2, 0.25) is 0 Å². The van der Waals surface area contributed by atoms with Gasteiger partial charge in [0.25, 0.3) is 0 Å². The van der Waals surface area contributed by atoms with E-state index in [0.717, 1.165) is 12.8 Å². The molecule has 0 bridgehead atoms. The molecule has 25 heavy (non-hydrogen) atoms. The summed E-state index contributed by atoms with van der Waals surface area (Å²) in [4.78, 5) is 12.4. The van der Waals surface area contributed by atoms with Gasteiger partial charge in [-0.2, -0.15) is 0 Å². The van der Waals surface area contributed by atoms with Crippen LogP contribution in [0.1, 0.15) is 51.0 Å². The lowest BCUT2D eigenvalue weighted by Gasteiger charge is -2.15. The number of ether oxygens (including phenoxy) is 4. The van der Waals surface area contributed by atoms with E-state index in [1.807, 2.05) is 12.1 Å². The van der Waals surface area contributed by atoms with E-state index < -0.39 is 5.97 Å². The molecule has 0 heterocycles. The van der Waals surface area contributed by atoms with Crippen molar-refractivity contribution in [3.05, 3.63) is 35.6 Å². The van der Waals surface area contributed by atoms with Crippen LogP contribution in [0, 0.1) is 0 Å². The van der Waals surface area contributed by atoms with Crippen molar-refractivity contribution in [2.45, 2.75) is 45.4 Å². The Balaban J connectivity index is 2.72. The SMILES string of the molecule is CCCCCCCCOC(=O)C(OC)=C(OC)c1ccccc1OC. The van der Waals surface area contributed by atoms with Crippen molar-refractivity contribution in [2.75, 3.05) is 27.9 Å². The molecule has 0 aliphatic heterocycles. The predicted molar refractivity (Wildman–Crippen MR) is 98.3 cm³/mol. The van der Waals surface area contributed by atoms with Gasteiger partial charge in [-0.15, -0.1) is 0 Å². The van der Waals surface area contributed by atoms with Gasteiger partial charge in [0, 0.05) is 0 Å². The number of carbonyl (C=O) groups excluding carboxylic acids is 1. The third-order valence-electron chi connectivity index (χ3n) is 3.88. The maximum atomic E-state index is 12.4. The number of hydrogen-bond acceptors (Lipinski definition) is 5. The van der Waals surface area contributed by atoms with Crippen LogP contribution in [0.4, 0.5) is 0 Å². The highest BCUT2D eigenvalue weighted by Gasteiger charge is 2.22. The summed E-state index contributed by atoms with van der Waals surface area (Å²) in [5.41, 5.74) is 0.640. The van der Waals surface area contributed by atoms with E-state index in [0.29, 0.717) is 23.7 Å². The molecule has 0 amide bonds. The second kappa shape index (κ2) is 12.2. The Hall–Kier alpha value is -2.17. The van der Waals surface area contributed by atoms with Gasteiger partial charge < -0.3 is 18.9 Å². The van der Waals surface area contributed by atoms with Crippen LogP contribution >= 0.6 is 0 Å². The maximum Gasteiger partial charge on any atom is 0.377 e. The standard InChI is InChI=1S/C20H30O5/c1-5-6-7-8-9-12-15-25-20(21)19(24-4)18(23-3)16-13-10-11-14-17(16)22-2/h10-11,13-14H,5-9,12,15H2,1-4H3. The Morgan fingerprint density at radius 1 is 0.920 bits per heavy atom. The molecule has 0 aromatic heterocycles. The summed E-state index contributed by atoms with van der Waals surface area (Å²) in [6.45, 7) is 2.57. The Morgan fingerprint density at radius 3 is 2.24 bits per heavy atom. The number of hydrogen-bond donors (Lipinski definition) is 0. The molecule has 0 N–H and O–H groups in total. The first-order valence-corrected chi connectivity index (χ1v) is 8.82. The van der Waals surface area contributed by atoms with Gasteiger partial charge in [0.1, 0.15) is 5.75 Å². The predicted octanol–water partition coefficient (Wildman–Crippen LogP) is 4.56. The van der Waals surface area contributed by atoms with Crippen LogP contribution in [0.15, 0.2) is 30.0 Å². The number of esters is 1. The average molecular weight is 350 g/mol. The fourth-order valence-electron chi connectivity index (χ4n) is 2.54. The number of carbonyl (C=O) groups is 1. The fourth-order valence-corrected chi connectivity index (χ4v) is 2.54. The first kappa shape index (κ1) is 20.9. The van der Waals surface area contributed by atoms with Gasteiger partial charge in [-0.3, -0.25) is 0 Å². The van der Waals surface area contributed by atoms with Gasteiger partial charge in [0.05, 0.1) is 33.5 Å². The Morgan fingerprint density at radius 2 is 1.60 bits per heavy atom. The molecule has 0 unspecified atom stereocenters. The summed E-state index contributed by atoms with van der Waals surface area (Å²) in [7, 11) is 4.48. The van der Waals surface area contributed by atoms with Crippen LogP contribution in [-0.2, 0) is 19.0 Å². The zero-order valence-corrected chi connectivity index (χ0v) is 15.8. The minimum atomic E-state index is -0.529. The quantitative estimate of drug-likeness (QED) is 0.239. The van der Waals surface area contributed by atoms with Crippen molar-refractivity contribution < 1.29 is 23.7 Å². The van der Waals surface area contributed by atoms with Gasteiger partial charge in [0.2, 0.25) is 5.76 Å². The van der Waals surface area contributed by atoms with Gasteiger partial charge in [-0.05, 0) is 18.6 Å². The van der Waals surface area contributed by atoms with Crippen molar-refractivity contribution in [1.82, 2.24) is 0 Å². The summed E-state index contributed by atoms with van der Waals surface area (Å²) in [5, 5.41) is 0. The molecule has 5 heteroatoms. The largest absolute Gasteiger partial charge is 0.496 e. The normalized spacial score (nSPS) is 11.5. The van der Waals surface area contributed by atoms with E-state index in [4.69, 9.17) is 18.9 Å². The second-order valence-corrected chi connectivity index (χ2v) is 5.67. The third kappa shape index (κ3) is 6.69. The monoisotopic (exact) mass is 350 g/mol. The second-order valence-electron chi connectivity index (χ2n) is 5.67. The zero-order valence-electron chi connectivity index (χ0n) is 15.8. The number of methoxy groups -OCH3 is 3. The number of para-hydroxylation sites is 1. The van der Waals surface area contributed by atoms with E-state index in [-0.39, 0.29) is 5.76 Å². The Labute approximate surface area is 150 Å². The van der Waals surface area contributed by atoms with E-state index in [1.54, 1.807) is 19.2 Å². The van der Waals surface area contributed by atoms with Crippen LogP contribution in [0.3, 0.4) is 0 Å². The minimum absolute atomic E-state index is 0.0398. The first-order chi connectivity index (χ1) is 12.2. The molecule has 0 radical (unpaired) electrons. The van der Waals surface area contributed by atoms with E-state index in [2.05, 4.69) is 6.92 Å². The van der Waals surface area contributed by atoms with Crippen LogP contribution in [0.5, 0.6) is 5.75 Å². The molecule has 0 fully saturated rings. The molecular weight excluding hydrogens is 320 g/mol. The molecule has 0 atom stereocenters. The lowest BCUT2D eigenvalue weighted by molar-refractivity contribution is -0.142. The number of rotatable bonds is 12. The summed E-state index contributed by atoms with van der Waals surface area (Å²) in [6.07, 6.45) is 6.79. The molecule has 0 spiro atoms. The number of unbranched alkanes of at least 4 members (excludes halogenated alkanes) is 5. The van der Waals surface area contributed by atoms with Crippen molar-refractivity contribution in [1.29, 1.82) is 0 Å². The highest BCUT2D eigenvalue weighted by molar-refractivity contribution is 5.94. The summed E-state index contributed by atoms with van der Waals surface area (Å²) < 4.78 is 21.3. The molecule has 0 saturated heterocycles. The lowest BCUT2D eigenvalue weighted by atomic mass is 10.1. The summed E-state index contributed by atoms with van der Waals surface area (Å²) in [5.74, 6) is 0.405. The Kier molecular flexibility index (Phi) is 10.2. The fraction of sp³-hybridized carbons (Fsp3) is 0.550. The van der Waals surface area contributed by atoms with Crippen molar-refractivity contribution in [2.24, 2.45) is 0 Å². The van der Waals surface area contributed by atoms with Crippen LogP contribution < -0.4 is 4.74 Å². The Bertz CT molecular complexity index is 551. The van der Waals surface area contributed by atoms with Gasteiger partial charge in [-0.1, -0.05) is 51.2 Å². The van der Waals surface area contributed by atoms with Crippen molar-refractivity contribution in [3.63, 3.8) is 0 Å². The van der Waals surface area contributed by atoms with Crippen LogP contribution in [0.25, 0.3) is 5.76 Å². The maximum absolute atomic E-state index is 12.4. The van der Waals surface area contributed by atoms with E-state index in [1.165, 1.54) is 39.9 Å². The number of benzene rings is 1. The zero-order chi connectivity index (χ0) is 18.5. The molecule has 1 aromatic rings. The molecule has 1 aromatic carbocycles. The highest BCUT2D eigenvalue weighted by atomic mass is 16.6. The molecule has 0 aliphatic rings. The minimum Gasteiger partial charge on any atom is -0.496 e. The summed E-state index contributed by atoms with van der Waals surface area (Å²) in [6, 6.07) is 7.28. The molecular formula is C20H30O5. The highest BCUT2D eigenvalue weighted by Crippen LogP contribution is 2.29. The van der Waals surface area contributed by atoms with Gasteiger partial charge >= 0.3 is 5.97 Å². The lowest BCUT2D eigenvalue weighted by Crippen LogP contribution is -2.13. The van der Waals surface area contributed by atoms with Gasteiger partial charge in [0.15, 0.2) is 5.76 Å². The van der Waals surface area contributed by atoms with E-state index >= 15 is 0 Å². The smallest absolute Gasteiger partial charge is 0.377 e. The van der Waals surface area contributed by atoms with Crippen molar-refractivity contribution >= 4 is 11.7 Å². The average Bonchev–Trinajstić information content (AvgIpc) is 2.65. The topological polar surface area (TPSA) is 54.0 Å². The van der Waals surface area contributed by atoms with Crippen LogP contribution in [-0.4, -0.2) is 33.9 Å². The van der Waals surface area contributed by atoms with Crippen molar-refractivity contribution in [3.8, 4) is 5.75 Å². The van der Waals surface area contributed by atoms with Gasteiger partial charge in [-0.25, -0.2) is 4.79 Å². The summed E-state index contributed by atoms with van der Waals surface area (Å²) >= 11 is 0. The molecule has 0 aliphatic carbocycles. The van der Waals surface area contributed by atoms with E-state index in [9.17, 15) is 4.79 Å². The first-order valence-electron chi connectivity index (χ1n) is 8.82. The molecule has 5 nitrogen and oxygen atoms in total. The molecule has 0 saturated carbocycles. The third-order valence-corrected chi connectivity index (χ3v) is 3.88.